The topological polar surface area (TPSA) is 96.2 Å². The number of fused-ring (bicyclic) bond motifs is 2. The van der Waals surface area contributed by atoms with Gasteiger partial charge >= 0.3 is 0 Å². The lowest BCUT2D eigenvalue weighted by Gasteiger charge is -2.46. The Labute approximate surface area is 207 Å². The van der Waals surface area contributed by atoms with Crippen molar-refractivity contribution in [2.75, 3.05) is 4.90 Å². The van der Waals surface area contributed by atoms with Crippen LogP contribution in [-0.4, -0.2) is 55.2 Å². The number of piperidine rings is 2. The Morgan fingerprint density at radius 3 is 2.69 bits per heavy atom. The zero-order valence-corrected chi connectivity index (χ0v) is 19.9. The minimum Gasteiger partial charge on any atom is -0.507 e. The first-order chi connectivity index (χ1) is 17.4. The summed E-state index contributed by atoms with van der Waals surface area (Å²) in [5, 5.41) is 22.7. The lowest BCUT2D eigenvalue weighted by atomic mass is 9.82. The molecule has 4 atom stereocenters. The number of alkyl halides is 1. The van der Waals surface area contributed by atoms with Gasteiger partial charge in [0.2, 0.25) is 5.95 Å². The van der Waals surface area contributed by atoms with Gasteiger partial charge in [0.15, 0.2) is 0 Å². The molecule has 36 heavy (non-hydrogen) atoms. The van der Waals surface area contributed by atoms with Crippen molar-refractivity contribution >= 4 is 5.95 Å². The normalized spacial score (nSPS) is 25.5. The minimum absolute atomic E-state index is 0.104. The van der Waals surface area contributed by atoms with Gasteiger partial charge in [-0.15, -0.1) is 10.2 Å². The van der Waals surface area contributed by atoms with Crippen LogP contribution in [0.1, 0.15) is 38.5 Å². The van der Waals surface area contributed by atoms with Crippen LogP contribution in [0.5, 0.6) is 5.75 Å². The summed E-state index contributed by atoms with van der Waals surface area (Å²) in [4.78, 5) is 18.5. The van der Waals surface area contributed by atoms with E-state index in [-0.39, 0.29) is 35.0 Å². The van der Waals surface area contributed by atoms with Crippen molar-refractivity contribution in [3.63, 3.8) is 0 Å². The van der Waals surface area contributed by atoms with Crippen LogP contribution in [0, 0.1) is 5.82 Å². The molecule has 2 bridgehead atoms. The third-order valence-electron chi connectivity index (χ3n) is 7.64. The van der Waals surface area contributed by atoms with Gasteiger partial charge in [-0.1, -0.05) is 12.5 Å². The third kappa shape index (κ3) is 4.13. The van der Waals surface area contributed by atoms with Crippen LogP contribution in [0.25, 0.3) is 22.4 Å². The Hall–Kier alpha value is -3.40. The standard InChI is InChI=1S/C26H28F2N6O2/c1-33-13-19(27)18(11-24(33)36)14-5-8-17(23(35)9-14)21-12-29-26(32-31-21)34(16-6-7-16)22-10-15-3-2-4-20(30-15)25(22)28/h5,8-9,11-13,15-16,20,22,25,30,35H,2-4,6-7,10H2,1H3/t15-,20-,22-,25+/m0/s1. The summed E-state index contributed by atoms with van der Waals surface area (Å²) in [6.07, 6.45) is 7.31. The van der Waals surface area contributed by atoms with Gasteiger partial charge in [-0.05, 0) is 49.8 Å². The Morgan fingerprint density at radius 2 is 1.97 bits per heavy atom. The smallest absolute Gasteiger partial charge is 0.251 e. The highest BCUT2D eigenvalue weighted by Crippen LogP contribution is 2.39. The summed E-state index contributed by atoms with van der Waals surface area (Å²) in [5.74, 6) is -0.291. The molecule has 188 valence electrons. The quantitative estimate of drug-likeness (QED) is 0.562. The third-order valence-corrected chi connectivity index (χ3v) is 7.64. The molecule has 1 saturated carbocycles. The predicted octanol–water partition coefficient (Wildman–Crippen LogP) is 3.34. The molecule has 2 saturated heterocycles. The summed E-state index contributed by atoms with van der Waals surface area (Å²) < 4.78 is 31.0. The van der Waals surface area contributed by atoms with Crippen molar-refractivity contribution in [1.29, 1.82) is 0 Å². The number of benzene rings is 1. The number of halogens is 2. The second kappa shape index (κ2) is 8.92. The molecular formula is C26H28F2N6O2. The van der Waals surface area contributed by atoms with Crippen molar-refractivity contribution in [1.82, 2.24) is 25.1 Å². The van der Waals surface area contributed by atoms with Crippen LogP contribution in [-0.2, 0) is 7.05 Å². The van der Waals surface area contributed by atoms with Crippen LogP contribution in [0.3, 0.4) is 0 Å². The maximum atomic E-state index is 15.4. The molecule has 0 spiro atoms. The SMILES string of the molecule is Cn1cc(F)c(-c2ccc(-c3cnc(N(C4CC4)[C@H]4C[C@@H]5CCC[C@H](N5)[C@H]4F)nn3)c(O)c2)cc1=O. The number of aryl methyl sites for hydroxylation is 1. The summed E-state index contributed by atoms with van der Waals surface area (Å²) in [7, 11) is 1.47. The van der Waals surface area contributed by atoms with Crippen LogP contribution < -0.4 is 15.8 Å². The molecule has 10 heteroatoms. The summed E-state index contributed by atoms with van der Waals surface area (Å²) in [5.41, 5.74) is 0.851. The van der Waals surface area contributed by atoms with Gasteiger partial charge in [0.05, 0.1) is 12.2 Å². The largest absolute Gasteiger partial charge is 0.507 e. The van der Waals surface area contributed by atoms with Crippen molar-refractivity contribution in [2.24, 2.45) is 7.05 Å². The maximum absolute atomic E-state index is 15.4. The molecule has 1 aliphatic carbocycles. The molecule has 3 fully saturated rings. The van der Waals surface area contributed by atoms with Crippen LogP contribution in [0.4, 0.5) is 14.7 Å². The summed E-state index contributed by atoms with van der Waals surface area (Å²) >= 11 is 0. The molecule has 0 radical (unpaired) electrons. The molecule has 2 N–H and O–H groups in total. The number of phenols is 1. The van der Waals surface area contributed by atoms with Crippen molar-refractivity contribution in [3.05, 3.63) is 52.8 Å². The van der Waals surface area contributed by atoms with Gasteiger partial charge < -0.3 is 19.9 Å². The number of nitrogens with zero attached hydrogens (tertiary/aromatic N) is 5. The molecule has 0 unspecified atom stereocenters. The molecule has 3 aliphatic rings. The average Bonchev–Trinajstić information content (AvgIpc) is 3.71. The molecule has 2 aromatic heterocycles. The number of nitrogens with one attached hydrogen (secondary N) is 1. The molecule has 0 amide bonds. The van der Waals surface area contributed by atoms with E-state index < -0.39 is 12.0 Å². The Morgan fingerprint density at radius 1 is 1.14 bits per heavy atom. The summed E-state index contributed by atoms with van der Waals surface area (Å²) in [6, 6.07) is 5.93. The van der Waals surface area contributed by atoms with E-state index in [0.717, 1.165) is 49.3 Å². The van der Waals surface area contributed by atoms with Crippen LogP contribution in [0.2, 0.25) is 0 Å². The number of rotatable bonds is 5. The van der Waals surface area contributed by atoms with E-state index in [0.29, 0.717) is 28.8 Å². The van der Waals surface area contributed by atoms with Crippen molar-refractivity contribution in [2.45, 2.75) is 68.9 Å². The molecular weight excluding hydrogens is 466 g/mol. The number of aromatic nitrogens is 4. The number of hydrogen-bond acceptors (Lipinski definition) is 7. The minimum atomic E-state index is -0.989. The highest BCUT2D eigenvalue weighted by atomic mass is 19.1. The number of pyridine rings is 1. The van der Waals surface area contributed by atoms with E-state index in [2.05, 4.69) is 20.5 Å². The lowest BCUT2D eigenvalue weighted by molar-refractivity contribution is 0.103. The van der Waals surface area contributed by atoms with E-state index in [1.165, 1.54) is 25.4 Å². The predicted molar refractivity (Wildman–Crippen MR) is 131 cm³/mol. The first-order valence-corrected chi connectivity index (χ1v) is 12.5. The first kappa shape index (κ1) is 23.0. The van der Waals surface area contributed by atoms with E-state index in [9.17, 15) is 14.3 Å². The summed E-state index contributed by atoms with van der Waals surface area (Å²) in [6.45, 7) is 0. The van der Waals surface area contributed by atoms with Crippen LogP contribution in [0.15, 0.2) is 41.5 Å². The van der Waals surface area contributed by atoms with Crippen LogP contribution >= 0.6 is 0 Å². The lowest BCUT2D eigenvalue weighted by Crippen LogP contribution is -2.62. The van der Waals surface area contributed by atoms with E-state index >= 15 is 4.39 Å². The number of phenolic OH excluding ortho intramolecular Hbond substituents is 1. The Balaban J connectivity index is 1.27. The van der Waals surface area contributed by atoms with Crippen molar-refractivity contribution in [3.8, 4) is 28.1 Å². The van der Waals surface area contributed by atoms with E-state index in [4.69, 9.17) is 0 Å². The zero-order chi connectivity index (χ0) is 25.0. The fourth-order valence-electron chi connectivity index (χ4n) is 5.63. The highest BCUT2D eigenvalue weighted by molar-refractivity contribution is 5.74. The van der Waals surface area contributed by atoms with Gasteiger partial charge in [0, 0.05) is 48.6 Å². The zero-order valence-electron chi connectivity index (χ0n) is 19.9. The Kier molecular flexibility index (Phi) is 5.70. The van der Waals surface area contributed by atoms with E-state index in [1.54, 1.807) is 12.1 Å². The highest BCUT2D eigenvalue weighted by Gasteiger charge is 2.47. The van der Waals surface area contributed by atoms with Gasteiger partial charge in [0.25, 0.3) is 5.56 Å². The number of anilines is 1. The number of aromatic hydroxyl groups is 1. The molecule has 4 heterocycles. The van der Waals surface area contributed by atoms with E-state index in [1.807, 2.05) is 4.90 Å². The fourth-order valence-corrected chi connectivity index (χ4v) is 5.63. The maximum Gasteiger partial charge on any atom is 0.251 e. The second-order valence-electron chi connectivity index (χ2n) is 10.1. The molecule has 3 aromatic rings. The first-order valence-electron chi connectivity index (χ1n) is 12.5. The van der Waals surface area contributed by atoms with Crippen molar-refractivity contribution < 1.29 is 13.9 Å². The van der Waals surface area contributed by atoms with Gasteiger partial charge in [-0.2, -0.15) is 0 Å². The van der Waals surface area contributed by atoms with Gasteiger partial charge in [0.1, 0.15) is 23.4 Å². The monoisotopic (exact) mass is 494 g/mol. The molecule has 6 rings (SSSR count). The molecule has 2 aliphatic heterocycles. The van der Waals surface area contributed by atoms with Gasteiger partial charge in [-0.3, -0.25) is 4.79 Å². The second-order valence-corrected chi connectivity index (χ2v) is 10.1. The number of hydrogen-bond donors (Lipinski definition) is 2. The average molecular weight is 495 g/mol. The fraction of sp³-hybridized carbons (Fsp3) is 0.462. The molecule has 8 nitrogen and oxygen atoms in total. The Bertz CT molecular complexity index is 1340. The molecule has 1 aromatic carbocycles. The van der Waals surface area contributed by atoms with Gasteiger partial charge in [-0.25, -0.2) is 13.8 Å².